The fraction of sp³-hybridized carbons (Fsp3) is 0.562. The molecule has 0 radical (unpaired) electrons. The number of methoxy groups -OCH3 is 1. The van der Waals surface area contributed by atoms with Gasteiger partial charge in [0.25, 0.3) is 0 Å². The van der Waals surface area contributed by atoms with Gasteiger partial charge in [0.05, 0.1) is 20.1 Å². The molecule has 1 atom stereocenters. The molecule has 0 saturated heterocycles. The molecule has 0 spiro atoms. The van der Waals surface area contributed by atoms with Crippen LogP contribution in [0.5, 0.6) is 0 Å². The number of carbonyl (C=O) groups is 1. The summed E-state index contributed by atoms with van der Waals surface area (Å²) in [5.41, 5.74) is 4.98. The number of nitrogens with one attached hydrogen (secondary N) is 1. The Labute approximate surface area is 121 Å². The fourth-order valence-electron chi connectivity index (χ4n) is 2.55. The Morgan fingerprint density at radius 1 is 1.30 bits per heavy atom. The van der Waals surface area contributed by atoms with Crippen LogP contribution < -0.4 is 5.32 Å². The molecule has 1 aromatic rings. The van der Waals surface area contributed by atoms with Crippen molar-refractivity contribution in [1.29, 1.82) is 0 Å². The summed E-state index contributed by atoms with van der Waals surface area (Å²) >= 11 is 0. The molecule has 1 aromatic carbocycles. The third kappa shape index (κ3) is 4.94. The number of carbonyl (C=O) groups excluding carboxylic acids is 1. The second-order valence-corrected chi connectivity index (χ2v) is 5.24. The van der Waals surface area contributed by atoms with E-state index in [4.69, 9.17) is 9.84 Å². The van der Waals surface area contributed by atoms with E-state index in [-0.39, 0.29) is 18.6 Å². The average Bonchev–Trinajstić information content (AvgIpc) is 2.39. The maximum absolute atomic E-state index is 11.5. The van der Waals surface area contributed by atoms with Crippen LogP contribution in [0.2, 0.25) is 0 Å². The summed E-state index contributed by atoms with van der Waals surface area (Å²) in [6.07, 6.45) is 1.07. The van der Waals surface area contributed by atoms with Crippen LogP contribution in [0.15, 0.2) is 12.1 Å². The molecule has 0 bridgehead atoms. The molecule has 20 heavy (non-hydrogen) atoms. The van der Waals surface area contributed by atoms with E-state index in [1.54, 1.807) is 0 Å². The topological polar surface area (TPSA) is 58.6 Å². The number of esters is 1. The SMILES string of the molecule is COC(=O)CC(Cc1c(C)cc(C)cc1C)NCCO. The first-order chi connectivity index (χ1) is 9.47. The molecule has 0 heterocycles. The molecule has 112 valence electrons. The van der Waals surface area contributed by atoms with Crippen molar-refractivity contribution in [3.05, 3.63) is 34.4 Å². The molecular formula is C16H25NO3. The van der Waals surface area contributed by atoms with Crippen molar-refractivity contribution in [2.45, 2.75) is 39.7 Å². The monoisotopic (exact) mass is 279 g/mol. The minimum atomic E-state index is -0.233. The van der Waals surface area contributed by atoms with Gasteiger partial charge >= 0.3 is 5.97 Å². The Bertz CT molecular complexity index is 434. The lowest BCUT2D eigenvalue weighted by molar-refractivity contribution is -0.141. The largest absolute Gasteiger partial charge is 0.469 e. The highest BCUT2D eigenvalue weighted by Crippen LogP contribution is 2.19. The van der Waals surface area contributed by atoms with E-state index in [1.807, 2.05) is 0 Å². The zero-order valence-electron chi connectivity index (χ0n) is 12.8. The fourth-order valence-corrected chi connectivity index (χ4v) is 2.55. The molecule has 4 nitrogen and oxygen atoms in total. The van der Waals surface area contributed by atoms with Crippen LogP contribution >= 0.6 is 0 Å². The number of hydrogen-bond acceptors (Lipinski definition) is 4. The van der Waals surface area contributed by atoms with Crippen LogP contribution in [0.3, 0.4) is 0 Å². The number of rotatable bonds is 7. The van der Waals surface area contributed by atoms with Crippen molar-refractivity contribution < 1.29 is 14.6 Å². The summed E-state index contributed by atoms with van der Waals surface area (Å²) < 4.78 is 4.74. The van der Waals surface area contributed by atoms with Gasteiger partial charge in [-0.05, 0) is 43.9 Å². The molecule has 0 aliphatic carbocycles. The summed E-state index contributed by atoms with van der Waals surface area (Å²) in [6, 6.07) is 4.29. The summed E-state index contributed by atoms with van der Waals surface area (Å²) in [5.74, 6) is -0.233. The Kier molecular flexibility index (Phi) is 6.68. The van der Waals surface area contributed by atoms with E-state index in [1.165, 1.54) is 29.4 Å². The van der Waals surface area contributed by atoms with Crippen molar-refractivity contribution in [3.63, 3.8) is 0 Å². The van der Waals surface area contributed by atoms with Crippen LogP contribution in [-0.2, 0) is 16.0 Å². The number of benzene rings is 1. The van der Waals surface area contributed by atoms with Crippen LogP contribution in [0.25, 0.3) is 0 Å². The van der Waals surface area contributed by atoms with Crippen LogP contribution in [0.1, 0.15) is 28.7 Å². The van der Waals surface area contributed by atoms with E-state index in [9.17, 15) is 4.79 Å². The van der Waals surface area contributed by atoms with Crippen molar-refractivity contribution in [2.24, 2.45) is 0 Å². The Hall–Kier alpha value is -1.39. The van der Waals surface area contributed by atoms with E-state index in [0.717, 1.165) is 6.42 Å². The van der Waals surface area contributed by atoms with Crippen molar-refractivity contribution in [1.82, 2.24) is 5.32 Å². The highest BCUT2D eigenvalue weighted by Gasteiger charge is 2.16. The molecule has 0 aliphatic heterocycles. The third-order valence-corrected chi connectivity index (χ3v) is 3.48. The van der Waals surface area contributed by atoms with Gasteiger partial charge in [-0.25, -0.2) is 0 Å². The predicted molar refractivity (Wildman–Crippen MR) is 79.9 cm³/mol. The number of ether oxygens (including phenoxy) is 1. The predicted octanol–water partition coefficient (Wildman–Crippen LogP) is 1.67. The Morgan fingerprint density at radius 2 is 1.90 bits per heavy atom. The lowest BCUT2D eigenvalue weighted by atomic mass is 9.93. The number of aliphatic hydroxyl groups is 1. The molecule has 0 saturated carbocycles. The standard InChI is InChI=1S/C16H25NO3/c1-11-7-12(2)15(13(3)8-11)9-14(17-5-6-18)10-16(19)20-4/h7-8,14,17-18H,5-6,9-10H2,1-4H3. The van der Waals surface area contributed by atoms with Gasteiger partial charge in [0, 0.05) is 12.6 Å². The van der Waals surface area contributed by atoms with Gasteiger partial charge in [-0.1, -0.05) is 17.7 Å². The van der Waals surface area contributed by atoms with Crippen molar-refractivity contribution in [3.8, 4) is 0 Å². The summed E-state index contributed by atoms with van der Waals surface area (Å²) in [4.78, 5) is 11.5. The van der Waals surface area contributed by atoms with Crippen LogP contribution in [0.4, 0.5) is 0 Å². The lowest BCUT2D eigenvalue weighted by Gasteiger charge is -2.20. The highest BCUT2D eigenvalue weighted by atomic mass is 16.5. The lowest BCUT2D eigenvalue weighted by Crippen LogP contribution is -2.36. The summed E-state index contributed by atoms with van der Waals surface area (Å²) in [5, 5.41) is 12.1. The van der Waals surface area contributed by atoms with Gasteiger partial charge < -0.3 is 15.2 Å². The van der Waals surface area contributed by atoms with Gasteiger partial charge in [-0.3, -0.25) is 4.79 Å². The van der Waals surface area contributed by atoms with Crippen LogP contribution in [0, 0.1) is 20.8 Å². The minimum absolute atomic E-state index is 0.0188. The smallest absolute Gasteiger partial charge is 0.307 e. The van der Waals surface area contributed by atoms with E-state index in [0.29, 0.717) is 13.0 Å². The number of aliphatic hydroxyl groups excluding tert-OH is 1. The minimum Gasteiger partial charge on any atom is -0.469 e. The molecule has 4 heteroatoms. The molecule has 1 rings (SSSR count). The molecule has 0 fully saturated rings. The first kappa shape index (κ1) is 16.7. The normalized spacial score (nSPS) is 12.2. The molecule has 0 amide bonds. The second-order valence-electron chi connectivity index (χ2n) is 5.24. The maximum atomic E-state index is 11.5. The van der Waals surface area contributed by atoms with E-state index < -0.39 is 0 Å². The van der Waals surface area contributed by atoms with Crippen molar-refractivity contribution in [2.75, 3.05) is 20.3 Å². The maximum Gasteiger partial charge on any atom is 0.307 e. The third-order valence-electron chi connectivity index (χ3n) is 3.48. The number of hydrogen-bond donors (Lipinski definition) is 2. The number of aryl methyl sites for hydroxylation is 3. The Morgan fingerprint density at radius 3 is 2.40 bits per heavy atom. The molecule has 2 N–H and O–H groups in total. The first-order valence-corrected chi connectivity index (χ1v) is 6.95. The quantitative estimate of drug-likeness (QED) is 0.745. The van der Waals surface area contributed by atoms with Gasteiger partial charge in [0.15, 0.2) is 0 Å². The summed E-state index contributed by atoms with van der Waals surface area (Å²) in [6.45, 7) is 6.81. The second kappa shape index (κ2) is 8.02. The summed E-state index contributed by atoms with van der Waals surface area (Å²) in [7, 11) is 1.40. The Balaban J connectivity index is 2.85. The van der Waals surface area contributed by atoms with E-state index in [2.05, 4.69) is 38.2 Å². The molecule has 1 unspecified atom stereocenters. The van der Waals surface area contributed by atoms with Gasteiger partial charge in [0.1, 0.15) is 0 Å². The van der Waals surface area contributed by atoms with Gasteiger partial charge in [-0.2, -0.15) is 0 Å². The van der Waals surface area contributed by atoms with Gasteiger partial charge in [-0.15, -0.1) is 0 Å². The zero-order valence-corrected chi connectivity index (χ0v) is 12.8. The highest BCUT2D eigenvalue weighted by molar-refractivity contribution is 5.70. The zero-order chi connectivity index (χ0) is 15.1. The van der Waals surface area contributed by atoms with Gasteiger partial charge in [0.2, 0.25) is 0 Å². The van der Waals surface area contributed by atoms with E-state index >= 15 is 0 Å². The molecule has 0 aliphatic rings. The first-order valence-electron chi connectivity index (χ1n) is 6.95. The average molecular weight is 279 g/mol. The van der Waals surface area contributed by atoms with Crippen LogP contribution in [-0.4, -0.2) is 37.4 Å². The molecular weight excluding hydrogens is 254 g/mol. The molecule has 0 aromatic heterocycles. The van der Waals surface area contributed by atoms with Crippen molar-refractivity contribution >= 4 is 5.97 Å².